The number of hydrogen-bond acceptors (Lipinski definition) is 4. The molecule has 0 aliphatic carbocycles. The van der Waals surface area contributed by atoms with Gasteiger partial charge in [-0.05, 0) is 26.0 Å². The zero-order valence-corrected chi connectivity index (χ0v) is 9.99. The first-order valence-corrected chi connectivity index (χ1v) is 5.06. The smallest absolute Gasteiger partial charge is 0.341 e. The van der Waals surface area contributed by atoms with Gasteiger partial charge in [-0.3, -0.25) is 0 Å². The maximum atomic E-state index is 11.5. The van der Waals surface area contributed by atoms with Crippen molar-refractivity contribution < 1.29 is 19.0 Å². The molecule has 16 heavy (non-hydrogen) atoms. The summed E-state index contributed by atoms with van der Waals surface area (Å²) in [5, 5.41) is 0. The lowest BCUT2D eigenvalue weighted by molar-refractivity contribution is -0.138. The molecule has 0 aliphatic rings. The zero-order valence-electron chi connectivity index (χ0n) is 9.99. The Bertz CT molecular complexity index is 269. The molecular formula is C12H18O4. The minimum atomic E-state index is -0.457. The van der Waals surface area contributed by atoms with Crippen LogP contribution in [0.15, 0.2) is 36.3 Å². The van der Waals surface area contributed by atoms with Crippen molar-refractivity contribution >= 4 is 5.97 Å². The van der Waals surface area contributed by atoms with Gasteiger partial charge in [-0.1, -0.05) is 6.58 Å². The maximum Gasteiger partial charge on any atom is 0.341 e. The lowest BCUT2D eigenvalue weighted by atomic mass is 10.2. The Kier molecular flexibility index (Phi) is 7.67. The number of hydrogen-bond donors (Lipinski definition) is 0. The van der Waals surface area contributed by atoms with Crippen LogP contribution >= 0.6 is 0 Å². The van der Waals surface area contributed by atoms with Gasteiger partial charge in [-0.25, -0.2) is 4.79 Å². The van der Waals surface area contributed by atoms with E-state index in [0.717, 1.165) is 0 Å². The second-order valence-electron chi connectivity index (χ2n) is 2.72. The molecule has 0 radical (unpaired) electrons. The summed E-state index contributed by atoms with van der Waals surface area (Å²) in [5.74, 6) is -0.164. The molecular weight excluding hydrogens is 208 g/mol. The van der Waals surface area contributed by atoms with Crippen LogP contribution in [0.1, 0.15) is 13.8 Å². The number of rotatable bonds is 7. The van der Waals surface area contributed by atoms with Crippen LogP contribution in [0.4, 0.5) is 0 Å². The summed E-state index contributed by atoms with van der Waals surface area (Å²) in [4.78, 5) is 11.5. The highest BCUT2D eigenvalue weighted by molar-refractivity contribution is 5.92. The molecule has 90 valence electrons. The molecule has 0 rings (SSSR count). The topological polar surface area (TPSA) is 44.8 Å². The van der Waals surface area contributed by atoms with E-state index in [1.807, 2.05) is 6.92 Å². The summed E-state index contributed by atoms with van der Waals surface area (Å²) < 4.78 is 14.8. The van der Waals surface area contributed by atoms with E-state index >= 15 is 0 Å². The molecule has 0 saturated heterocycles. The molecule has 0 aromatic heterocycles. The largest absolute Gasteiger partial charge is 0.504 e. The molecule has 0 heterocycles. The fourth-order valence-electron chi connectivity index (χ4n) is 0.950. The van der Waals surface area contributed by atoms with Crippen molar-refractivity contribution in [1.82, 2.24) is 0 Å². The molecule has 4 heteroatoms. The van der Waals surface area contributed by atoms with Crippen LogP contribution in [-0.4, -0.2) is 26.3 Å². The van der Waals surface area contributed by atoms with Gasteiger partial charge in [0.05, 0.1) is 26.6 Å². The van der Waals surface area contributed by atoms with Crippen LogP contribution in [0.5, 0.6) is 0 Å². The Morgan fingerprint density at radius 1 is 1.25 bits per heavy atom. The molecule has 0 fully saturated rings. The van der Waals surface area contributed by atoms with Crippen molar-refractivity contribution in [3.05, 3.63) is 36.3 Å². The van der Waals surface area contributed by atoms with Gasteiger partial charge in [-0.2, -0.15) is 0 Å². The summed E-state index contributed by atoms with van der Waals surface area (Å²) in [6, 6.07) is 0. The van der Waals surface area contributed by atoms with Crippen LogP contribution in [0.3, 0.4) is 0 Å². The number of ether oxygens (including phenoxy) is 3. The van der Waals surface area contributed by atoms with Crippen molar-refractivity contribution in [2.45, 2.75) is 13.8 Å². The van der Waals surface area contributed by atoms with Crippen LogP contribution in [0.2, 0.25) is 0 Å². The SMILES string of the molecule is C=C(OCC)/C(=C\C=C\OC)C(=O)OCC. The molecule has 0 atom stereocenters. The van der Waals surface area contributed by atoms with Gasteiger partial charge >= 0.3 is 5.97 Å². The van der Waals surface area contributed by atoms with Gasteiger partial charge in [-0.15, -0.1) is 0 Å². The van der Waals surface area contributed by atoms with Crippen molar-refractivity contribution in [3.8, 4) is 0 Å². The summed E-state index contributed by atoms with van der Waals surface area (Å²) in [6.45, 7) is 7.98. The molecule has 0 aliphatic heterocycles. The third-order valence-electron chi connectivity index (χ3n) is 1.59. The van der Waals surface area contributed by atoms with E-state index in [1.165, 1.54) is 13.4 Å². The first-order chi connectivity index (χ1) is 7.67. The maximum absolute atomic E-state index is 11.5. The second kappa shape index (κ2) is 8.59. The highest BCUT2D eigenvalue weighted by atomic mass is 16.5. The van der Waals surface area contributed by atoms with E-state index in [0.29, 0.717) is 19.0 Å². The second-order valence-corrected chi connectivity index (χ2v) is 2.72. The lowest BCUT2D eigenvalue weighted by Crippen LogP contribution is -2.10. The standard InChI is InChI=1S/C12H18O4/c1-5-15-10(3)11(8-7-9-14-4)12(13)16-6-2/h7-9H,3,5-6H2,1-2,4H3/b9-7+,11-8+. The molecule has 0 amide bonds. The van der Waals surface area contributed by atoms with Crippen LogP contribution < -0.4 is 0 Å². The van der Waals surface area contributed by atoms with Crippen molar-refractivity contribution in [2.75, 3.05) is 20.3 Å². The third-order valence-corrected chi connectivity index (χ3v) is 1.59. The Hall–Kier alpha value is -1.71. The molecule has 0 spiro atoms. The van der Waals surface area contributed by atoms with Gasteiger partial charge in [0.15, 0.2) is 0 Å². The fraction of sp³-hybridized carbons (Fsp3) is 0.417. The summed E-state index contributed by atoms with van der Waals surface area (Å²) in [5.41, 5.74) is 0.289. The number of carbonyl (C=O) groups is 1. The van der Waals surface area contributed by atoms with E-state index in [1.54, 1.807) is 19.1 Å². The number of esters is 1. The normalized spacial score (nSPS) is 11.3. The van der Waals surface area contributed by atoms with Gasteiger partial charge in [0, 0.05) is 0 Å². The van der Waals surface area contributed by atoms with Gasteiger partial charge < -0.3 is 14.2 Å². The van der Waals surface area contributed by atoms with Gasteiger partial charge in [0.2, 0.25) is 0 Å². The molecule has 0 aromatic rings. The van der Waals surface area contributed by atoms with Crippen LogP contribution in [0.25, 0.3) is 0 Å². The highest BCUT2D eigenvalue weighted by Gasteiger charge is 2.14. The monoisotopic (exact) mass is 226 g/mol. The van der Waals surface area contributed by atoms with E-state index in [4.69, 9.17) is 14.2 Å². The number of allylic oxidation sites excluding steroid dienone is 2. The zero-order chi connectivity index (χ0) is 12.4. The van der Waals surface area contributed by atoms with Crippen LogP contribution in [-0.2, 0) is 19.0 Å². The Morgan fingerprint density at radius 3 is 2.38 bits per heavy atom. The predicted molar refractivity (Wildman–Crippen MR) is 61.6 cm³/mol. The van der Waals surface area contributed by atoms with Crippen molar-refractivity contribution in [2.24, 2.45) is 0 Å². The summed E-state index contributed by atoms with van der Waals surface area (Å²) >= 11 is 0. The Morgan fingerprint density at radius 2 is 1.88 bits per heavy atom. The van der Waals surface area contributed by atoms with Gasteiger partial charge in [0.1, 0.15) is 11.3 Å². The minimum Gasteiger partial charge on any atom is -0.504 e. The Balaban J connectivity index is 4.75. The van der Waals surface area contributed by atoms with Gasteiger partial charge in [0.25, 0.3) is 0 Å². The first kappa shape index (κ1) is 14.3. The molecule has 0 N–H and O–H groups in total. The predicted octanol–water partition coefficient (Wildman–Crippen LogP) is 2.19. The number of methoxy groups -OCH3 is 1. The first-order valence-electron chi connectivity index (χ1n) is 5.06. The molecule has 4 nitrogen and oxygen atoms in total. The Labute approximate surface area is 96.2 Å². The fourth-order valence-corrected chi connectivity index (χ4v) is 0.950. The van der Waals surface area contributed by atoms with E-state index < -0.39 is 5.97 Å². The van der Waals surface area contributed by atoms with Crippen molar-refractivity contribution in [1.29, 1.82) is 0 Å². The van der Waals surface area contributed by atoms with Crippen molar-refractivity contribution in [3.63, 3.8) is 0 Å². The highest BCUT2D eigenvalue weighted by Crippen LogP contribution is 2.11. The summed E-state index contributed by atoms with van der Waals surface area (Å²) in [6.07, 6.45) is 4.56. The van der Waals surface area contributed by atoms with E-state index in [2.05, 4.69) is 6.58 Å². The molecule has 0 bridgehead atoms. The molecule has 0 saturated carbocycles. The quantitative estimate of drug-likeness (QED) is 0.289. The van der Waals surface area contributed by atoms with E-state index in [9.17, 15) is 4.79 Å². The number of carbonyl (C=O) groups excluding carboxylic acids is 1. The lowest BCUT2D eigenvalue weighted by Gasteiger charge is -2.09. The summed E-state index contributed by atoms with van der Waals surface area (Å²) in [7, 11) is 1.52. The minimum absolute atomic E-state index is 0.289. The molecule has 0 unspecified atom stereocenters. The van der Waals surface area contributed by atoms with Crippen LogP contribution in [0, 0.1) is 0 Å². The average Bonchev–Trinajstić information content (AvgIpc) is 2.25. The van der Waals surface area contributed by atoms with E-state index in [-0.39, 0.29) is 5.57 Å². The average molecular weight is 226 g/mol. The molecule has 0 aromatic carbocycles. The third kappa shape index (κ3) is 5.24.